The zero-order valence-corrected chi connectivity index (χ0v) is 14.9. The third kappa shape index (κ3) is 5.54. The number of aromatic nitrogens is 3. The van der Waals surface area contributed by atoms with E-state index in [1.807, 2.05) is 37.3 Å². The molecule has 6 nitrogen and oxygen atoms in total. The fourth-order valence-electron chi connectivity index (χ4n) is 1.84. The van der Waals surface area contributed by atoms with E-state index in [4.69, 9.17) is 5.11 Å². The highest BCUT2D eigenvalue weighted by Gasteiger charge is 2.16. The van der Waals surface area contributed by atoms with Gasteiger partial charge < -0.3 is 10.0 Å². The highest BCUT2D eigenvalue weighted by atomic mass is 32.2. The zero-order chi connectivity index (χ0) is 17.4. The van der Waals surface area contributed by atoms with Gasteiger partial charge in [0.15, 0.2) is 10.3 Å². The maximum Gasteiger partial charge on any atom is 0.323 e. The minimum Gasteiger partial charge on any atom is -0.480 e. The molecule has 24 heavy (non-hydrogen) atoms. The number of thioether (sulfide) groups is 1. The second-order valence-corrected chi connectivity index (χ2v) is 6.88. The molecule has 0 atom stereocenters. The van der Waals surface area contributed by atoms with E-state index in [-0.39, 0.29) is 6.54 Å². The summed E-state index contributed by atoms with van der Waals surface area (Å²) in [6, 6.07) is 9.78. The largest absolute Gasteiger partial charge is 0.480 e. The molecule has 0 amide bonds. The number of carbonyl (C=O) groups is 1. The van der Waals surface area contributed by atoms with Gasteiger partial charge in [-0.15, -0.1) is 6.58 Å². The number of benzene rings is 1. The van der Waals surface area contributed by atoms with Crippen molar-refractivity contribution in [1.29, 1.82) is 0 Å². The van der Waals surface area contributed by atoms with Crippen molar-refractivity contribution in [2.45, 2.75) is 22.1 Å². The van der Waals surface area contributed by atoms with Gasteiger partial charge in [-0.1, -0.05) is 43.0 Å². The fraction of sp³-hybridized carbons (Fsp3) is 0.250. The van der Waals surface area contributed by atoms with Crippen LogP contribution in [0.15, 0.2) is 58.2 Å². The van der Waals surface area contributed by atoms with Crippen LogP contribution in [-0.2, 0) is 4.79 Å². The number of rotatable bonds is 9. The molecular formula is C16H18N4O2S2. The predicted octanol–water partition coefficient (Wildman–Crippen LogP) is 3.21. The highest BCUT2D eigenvalue weighted by Crippen LogP contribution is 2.27. The lowest BCUT2D eigenvalue weighted by atomic mass is 10.4. The first-order valence-corrected chi connectivity index (χ1v) is 9.12. The summed E-state index contributed by atoms with van der Waals surface area (Å²) in [5.41, 5.74) is 0. The lowest BCUT2D eigenvalue weighted by Crippen LogP contribution is -2.31. The lowest BCUT2D eigenvalue weighted by molar-refractivity contribution is -0.135. The molecule has 2 aromatic rings. The van der Waals surface area contributed by atoms with Crippen molar-refractivity contribution in [3.63, 3.8) is 0 Å². The molecule has 0 saturated carbocycles. The Morgan fingerprint density at radius 1 is 1.25 bits per heavy atom. The van der Waals surface area contributed by atoms with Crippen molar-refractivity contribution < 1.29 is 9.90 Å². The van der Waals surface area contributed by atoms with Crippen LogP contribution in [0.5, 0.6) is 0 Å². The van der Waals surface area contributed by atoms with E-state index in [1.54, 1.807) is 11.0 Å². The molecule has 8 heteroatoms. The van der Waals surface area contributed by atoms with Gasteiger partial charge in [0.25, 0.3) is 0 Å². The van der Waals surface area contributed by atoms with Crippen molar-refractivity contribution in [2.75, 3.05) is 23.7 Å². The summed E-state index contributed by atoms with van der Waals surface area (Å²) in [6.07, 6.45) is 1.63. The standard InChI is InChI=1S/C16H18N4O2S2/c1-3-10-20(11-13(21)22)14-17-15(23-4-2)19-16(18-14)24-12-8-6-5-7-9-12/h3,5-9H,1,4,10-11H2,2H3,(H,21,22). The van der Waals surface area contributed by atoms with Gasteiger partial charge in [0, 0.05) is 11.4 Å². The second kappa shape index (κ2) is 9.29. The number of nitrogens with zero attached hydrogens (tertiary/aromatic N) is 4. The molecule has 0 radical (unpaired) electrons. The van der Waals surface area contributed by atoms with E-state index >= 15 is 0 Å². The normalized spacial score (nSPS) is 10.4. The molecule has 0 aliphatic heterocycles. The Kier molecular flexibility index (Phi) is 7.07. The summed E-state index contributed by atoms with van der Waals surface area (Å²) in [7, 11) is 0. The minimum atomic E-state index is -0.945. The van der Waals surface area contributed by atoms with Crippen LogP contribution in [-0.4, -0.2) is 44.9 Å². The Labute approximate surface area is 149 Å². The highest BCUT2D eigenvalue weighted by molar-refractivity contribution is 7.99. The summed E-state index contributed by atoms with van der Waals surface area (Å²) in [5, 5.41) is 10.2. The van der Waals surface area contributed by atoms with Gasteiger partial charge in [0.05, 0.1) is 0 Å². The second-order valence-electron chi connectivity index (χ2n) is 4.61. The summed E-state index contributed by atoms with van der Waals surface area (Å²) in [5.74, 6) is 0.222. The molecule has 0 fully saturated rings. The lowest BCUT2D eigenvalue weighted by Gasteiger charge is -2.19. The van der Waals surface area contributed by atoms with E-state index in [0.717, 1.165) is 10.6 Å². The van der Waals surface area contributed by atoms with Crippen LogP contribution in [0, 0.1) is 0 Å². The molecule has 0 saturated heterocycles. The van der Waals surface area contributed by atoms with Gasteiger partial charge in [-0.3, -0.25) is 4.79 Å². The van der Waals surface area contributed by atoms with Crippen LogP contribution < -0.4 is 4.90 Å². The maximum absolute atomic E-state index is 11.1. The first kappa shape index (κ1) is 18.3. The van der Waals surface area contributed by atoms with Gasteiger partial charge in [-0.2, -0.15) is 15.0 Å². The number of aliphatic carboxylic acids is 1. The van der Waals surface area contributed by atoms with Crippen molar-refractivity contribution in [2.24, 2.45) is 0 Å². The van der Waals surface area contributed by atoms with Crippen LogP contribution >= 0.6 is 23.5 Å². The summed E-state index contributed by atoms with van der Waals surface area (Å²) < 4.78 is 0. The Bertz CT molecular complexity index is 698. The molecule has 1 aromatic carbocycles. The van der Waals surface area contributed by atoms with E-state index in [9.17, 15) is 4.79 Å². The van der Waals surface area contributed by atoms with Crippen LogP contribution in [0.25, 0.3) is 0 Å². The molecule has 0 aliphatic carbocycles. The minimum absolute atomic E-state index is 0.193. The number of hydrogen-bond acceptors (Lipinski definition) is 7. The van der Waals surface area contributed by atoms with Gasteiger partial charge in [0.2, 0.25) is 5.95 Å². The van der Waals surface area contributed by atoms with E-state index in [2.05, 4.69) is 21.5 Å². The number of hydrogen-bond donors (Lipinski definition) is 1. The molecule has 0 spiro atoms. The average molecular weight is 362 g/mol. The summed E-state index contributed by atoms with van der Waals surface area (Å²) >= 11 is 2.91. The van der Waals surface area contributed by atoms with E-state index < -0.39 is 5.97 Å². The van der Waals surface area contributed by atoms with E-state index in [1.165, 1.54) is 23.5 Å². The van der Waals surface area contributed by atoms with Crippen LogP contribution in [0.2, 0.25) is 0 Å². The Hall–Kier alpha value is -2.06. The van der Waals surface area contributed by atoms with Gasteiger partial charge in [-0.25, -0.2) is 0 Å². The SMILES string of the molecule is C=CCN(CC(=O)O)c1nc(SCC)nc(Sc2ccccc2)n1. The first-order chi connectivity index (χ1) is 11.6. The molecule has 0 unspecified atom stereocenters. The topological polar surface area (TPSA) is 79.2 Å². The average Bonchev–Trinajstić information content (AvgIpc) is 2.55. The fourth-order valence-corrected chi connectivity index (χ4v) is 3.22. The third-order valence-electron chi connectivity index (χ3n) is 2.77. The molecule has 1 aromatic heterocycles. The van der Waals surface area contributed by atoms with Crippen molar-refractivity contribution >= 4 is 35.4 Å². The Balaban J connectivity index is 2.34. The van der Waals surface area contributed by atoms with E-state index in [0.29, 0.717) is 22.8 Å². The maximum atomic E-state index is 11.1. The summed E-state index contributed by atoms with van der Waals surface area (Å²) in [6.45, 7) is 5.83. The van der Waals surface area contributed by atoms with Crippen LogP contribution in [0.1, 0.15) is 6.92 Å². The monoisotopic (exact) mass is 362 g/mol. The first-order valence-electron chi connectivity index (χ1n) is 7.31. The number of carboxylic acids is 1. The van der Waals surface area contributed by atoms with Crippen molar-refractivity contribution in [1.82, 2.24) is 15.0 Å². The number of carboxylic acid groups (broad SMARTS) is 1. The quantitative estimate of drug-likeness (QED) is 0.538. The molecule has 0 bridgehead atoms. The van der Waals surface area contributed by atoms with Crippen LogP contribution in [0.4, 0.5) is 5.95 Å². The molecule has 2 rings (SSSR count). The molecule has 0 aliphatic rings. The molecule has 1 heterocycles. The Morgan fingerprint density at radius 3 is 2.58 bits per heavy atom. The van der Waals surface area contributed by atoms with Gasteiger partial charge in [-0.05, 0) is 29.6 Å². The van der Waals surface area contributed by atoms with Crippen molar-refractivity contribution in [3.8, 4) is 0 Å². The summed E-state index contributed by atoms with van der Waals surface area (Å²) in [4.78, 5) is 26.9. The Morgan fingerprint density at radius 2 is 1.96 bits per heavy atom. The molecular weight excluding hydrogens is 344 g/mol. The van der Waals surface area contributed by atoms with Crippen molar-refractivity contribution in [3.05, 3.63) is 43.0 Å². The third-order valence-corrected chi connectivity index (χ3v) is 4.37. The molecule has 126 valence electrons. The predicted molar refractivity (Wildman–Crippen MR) is 96.8 cm³/mol. The smallest absolute Gasteiger partial charge is 0.323 e. The van der Waals surface area contributed by atoms with Gasteiger partial charge >= 0.3 is 5.97 Å². The zero-order valence-electron chi connectivity index (χ0n) is 13.3. The van der Waals surface area contributed by atoms with Gasteiger partial charge in [0.1, 0.15) is 6.54 Å². The molecule has 1 N–H and O–H groups in total. The number of anilines is 1. The van der Waals surface area contributed by atoms with Crippen LogP contribution in [0.3, 0.4) is 0 Å².